The fraction of sp³-hybridized carbons (Fsp3) is 0.571. The molecular formula is C21H27N5OS2. The zero-order valence-electron chi connectivity index (χ0n) is 16.6. The summed E-state index contributed by atoms with van der Waals surface area (Å²) in [6, 6.07) is 0.351. The molecule has 3 aromatic heterocycles. The summed E-state index contributed by atoms with van der Waals surface area (Å²) in [5.74, 6) is 0.114. The van der Waals surface area contributed by atoms with Gasteiger partial charge in [-0.3, -0.25) is 14.1 Å². The van der Waals surface area contributed by atoms with Crippen molar-refractivity contribution < 1.29 is 4.79 Å². The molecule has 154 valence electrons. The van der Waals surface area contributed by atoms with Gasteiger partial charge in [0, 0.05) is 42.8 Å². The second kappa shape index (κ2) is 8.53. The smallest absolute Gasteiger partial charge is 0.274 e. The zero-order valence-corrected chi connectivity index (χ0v) is 18.3. The Morgan fingerprint density at radius 1 is 1.03 bits per heavy atom. The Hall–Kier alpha value is -1.77. The maximum Gasteiger partial charge on any atom is 0.274 e. The molecule has 0 saturated carbocycles. The van der Waals surface area contributed by atoms with Crippen LogP contribution in [0.4, 0.5) is 0 Å². The van der Waals surface area contributed by atoms with Crippen molar-refractivity contribution in [3.05, 3.63) is 39.5 Å². The molecular weight excluding hydrogens is 402 g/mol. The number of carbonyl (C=O) groups is 1. The first kappa shape index (κ1) is 19.2. The predicted molar refractivity (Wildman–Crippen MR) is 117 cm³/mol. The Bertz CT molecular complexity index is 955. The van der Waals surface area contributed by atoms with Crippen molar-refractivity contribution in [1.29, 1.82) is 0 Å². The van der Waals surface area contributed by atoms with E-state index in [0.717, 1.165) is 56.1 Å². The monoisotopic (exact) mass is 429 g/mol. The van der Waals surface area contributed by atoms with Crippen LogP contribution in [0.3, 0.4) is 0 Å². The average Bonchev–Trinajstić information content (AvgIpc) is 3.47. The van der Waals surface area contributed by atoms with Gasteiger partial charge >= 0.3 is 0 Å². The first-order valence-electron chi connectivity index (χ1n) is 10.7. The molecule has 0 aromatic carbocycles. The molecule has 2 aliphatic rings. The van der Waals surface area contributed by atoms with Crippen LogP contribution in [0.5, 0.6) is 0 Å². The second-order valence-corrected chi connectivity index (χ2v) is 9.82. The highest BCUT2D eigenvalue weighted by Gasteiger charge is 2.32. The third kappa shape index (κ3) is 3.85. The molecule has 0 N–H and O–H groups in total. The standard InChI is InChI=1S/C21H27N5OS2/c27-20(24-9-4-2-1-3-5-10-24)18-17(26-12-14-29-21(26)23-18)15-25-11-6-7-16(25)19-22-8-13-28-19/h8,12-14,16H,1-7,9-11,15H2. The van der Waals surface area contributed by atoms with Gasteiger partial charge in [-0.05, 0) is 32.2 Å². The third-order valence-corrected chi connectivity index (χ3v) is 7.79. The Kier molecular flexibility index (Phi) is 5.65. The summed E-state index contributed by atoms with van der Waals surface area (Å²) in [5.41, 5.74) is 1.69. The third-order valence-electron chi connectivity index (χ3n) is 6.16. The first-order valence-corrected chi connectivity index (χ1v) is 12.4. The Balaban J connectivity index is 1.44. The number of imidazole rings is 1. The minimum Gasteiger partial charge on any atom is -0.337 e. The van der Waals surface area contributed by atoms with Crippen LogP contribution in [0, 0.1) is 0 Å². The molecule has 1 unspecified atom stereocenters. The van der Waals surface area contributed by atoms with Crippen molar-refractivity contribution in [2.75, 3.05) is 19.6 Å². The second-order valence-electron chi connectivity index (χ2n) is 8.02. The normalized spacial score (nSPS) is 21.5. The molecule has 5 rings (SSSR count). The van der Waals surface area contributed by atoms with Crippen LogP contribution >= 0.6 is 22.7 Å². The van der Waals surface area contributed by atoms with Gasteiger partial charge in [0.2, 0.25) is 0 Å². The number of hydrogen-bond donors (Lipinski definition) is 0. The fourth-order valence-corrected chi connectivity index (χ4v) is 6.18. The van der Waals surface area contributed by atoms with Crippen molar-refractivity contribution in [3.8, 4) is 0 Å². The highest BCUT2D eigenvalue weighted by atomic mass is 32.1. The van der Waals surface area contributed by atoms with E-state index in [9.17, 15) is 4.79 Å². The summed E-state index contributed by atoms with van der Waals surface area (Å²) in [4.78, 5) is 28.2. The number of rotatable bonds is 4. The van der Waals surface area contributed by atoms with E-state index < -0.39 is 0 Å². The molecule has 8 heteroatoms. The topological polar surface area (TPSA) is 53.7 Å². The van der Waals surface area contributed by atoms with Gasteiger partial charge in [0.15, 0.2) is 10.7 Å². The largest absolute Gasteiger partial charge is 0.337 e. The van der Waals surface area contributed by atoms with Gasteiger partial charge in [0.1, 0.15) is 5.01 Å². The average molecular weight is 430 g/mol. The van der Waals surface area contributed by atoms with Crippen molar-refractivity contribution in [1.82, 2.24) is 24.2 Å². The number of aromatic nitrogens is 3. The minimum absolute atomic E-state index is 0.114. The quantitative estimate of drug-likeness (QED) is 0.608. The van der Waals surface area contributed by atoms with Gasteiger partial charge < -0.3 is 4.90 Å². The molecule has 1 amide bonds. The van der Waals surface area contributed by atoms with Crippen molar-refractivity contribution in [2.24, 2.45) is 0 Å². The van der Waals surface area contributed by atoms with Crippen LogP contribution < -0.4 is 0 Å². The van der Waals surface area contributed by atoms with E-state index in [-0.39, 0.29) is 5.91 Å². The molecule has 2 fully saturated rings. The van der Waals surface area contributed by atoms with Gasteiger partial charge in [-0.25, -0.2) is 9.97 Å². The maximum atomic E-state index is 13.5. The van der Waals surface area contributed by atoms with E-state index in [0.29, 0.717) is 11.7 Å². The Morgan fingerprint density at radius 3 is 2.66 bits per heavy atom. The lowest BCUT2D eigenvalue weighted by Crippen LogP contribution is -2.35. The van der Waals surface area contributed by atoms with E-state index in [4.69, 9.17) is 4.98 Å². The molecule has 5 heterocycles. The molecule has 0 aliphatic carbocycles. The minimum atomic E-state index is 0.114. The van der Waals surface area contributed by atoms with E-state index in [2.05, 4.69) is 31.2 Å². The number of carbonyl (C=O) groups excluding carboxylic acids is 1. The number of hydrogen-bond acceptors (Lipinski definition) is 6. The molecule has 0 radical (unpaired) electrons. The lowest BCUT2D eigenvalue weighted by Gasteiger charge is -2.26. The Morgan fingerprint density at radius 2 is 1.86 bits per heavy atom. The van der Waals surface area contributed by atoms with Crippen molar-refractivity contribution >= 4 is 33.5 Å². The molecule has 0 bridgehead atoms. The lowest BCUT2D eigenvalue weighted by molar-refractivity contribution is 0.0734. The number of thiazole rings is 2. The molecule has 3 aromatic rings. The Labute approximate surface area is 179 Å². The summed E-state index contributed by atoms with van der Waals surface area (Å²) < 4.78 is 2.12. The van der Waals surface area contributed by atoms with E-state index in [1.165, 1.54) is 30.7 Å². The number of amides is 1. The highest BCUT2D eigenvalue weighted by molar-refractivity contribution is 7.15. The first-order chi connectivity index (χ1) is 14.3. The zero-order chi connectivity index (χ0) is 19.6. The van der Waals surface area contributed by atoms with Crippen LogP contribution in [0.25, 0.3) is 4.96 Å². The molecule has 6 nitrogen and oxygen atoms in total. The van der Waals surface area contributed by atoms with Crippen molar-refractivity contribution in [3.63, 3.8) is 0 Å². The summed E-state index contributed by atoms with van der Waals surface area (Å²) in [6.45, 7) is 3.50. The van der Waals surface area contributed by atoms with E-state index >= 15 is 0 Å². The lowest BCUT2D eigenvalue weighted by atomic mass is 10.1. The number of nitrogens with zero attached hydrogens (tertiary/aromatic N) is 5. The predicted octanol–water partition coefficient (Wildman–Crippen LogP) is 4.60. The van der Waals surface area contributed by atoms with Gasteiger partial charge in [-0.15, -0.1) is 22.7 Å². The summed E-state index contributed by atoms with van der Waals surface area (Å²) >= 11 is 3.33. The van der Waals surface area contributed by atoms with Gasteiger partial charge in [-0.1, -0.05) is 19.3 Å². The molecule has 1 atom stereocenters. The number of likely N-dealkylation sites (tertiary alicyclic amines) is 2. The molecule has 2 saturated heterocycles. The van der Waals surface area contributed by atoms with Gasteiger partial charge in [-0.2, -0.15) is 0 Å². The molecule has 0 spiro atoms. The van der Waals surface area contributed by atoms with Crippen LogP contribution in [0.1, 0.15) is 72.2 Å². The van der Waals surface area contributed by atoms with Crippen LogP contribution in [0.2, 0.25) is 0 Å². The van der Waals surface area contributed by atoms with Gasteiger partial charge in [0.25, 0.3) is 5.91 Å². The molecule has 2 aliphatic heterocycles. The van der Waals surface area contributed by atoms with Crippen LogP contribution in [0.15, 0.2) is 23.2 Å². The summed E-state index contributed by atoms with van der Waals surface area (Å²) in [6.07, 6.45) is 12.2. The van der Waals surface area contributed by atoms with Crippen LogP contribution in [-0.4, -0.2) is 49.7 Å². The molecule has 29 heavy (non-hydrogen) atoms. The SMILES string of the molecule is O=C(c1nc2sccn2c1CN1CCCC1c1nccs1)N1CCCCCCC1. The van der Waals surface area contributed by atoms with Crippen molar-refractivity contribution in [2.45, 2.75) is 57.5 Å². The fourth-order valence-electron chi connectivity index (χ4n) is 4.64. The maximum absolute atomic E-state index is 13.5. The summed E-state index contributed by atoms with van der Waals surface area (Å²) in [5, 5.41) is 5.29. The van der Waals surface area contributed by atoms with Crippen LogP contribution in [-0.2, 0) is 6.54 Å². The van der Waals surface area contributed by atoms with Gasteiger partial charge in [0.05, 0.1) is 11.7 Å². The summed E-state index contributed by atoms with van der Waals surface area (Å²) in [7, 11) is 0. The van der Waals surface area contributed by atoms with E-state index in [1.807, 2.05) is 11.1 Å². The number of fused-ring (bicyclic) bond motifs is 1. The van der Waals surface area contributed by atoms with E-state index in [1.54, 1.807) is 22.7 Å². The highest BCUT2D eigenvalue weighted by Crippen LogP contribution is 2.35.